The van der Waals surface area contributed by atoms with E-state index >= 15 is 0 Å². The Labute approximate surface area is 169 Å². The molecular formula is C22H26BrN3O. The van der Waals surface area contributed by atoms with Gasteiger partial charge in [0.15, 0.2) is 0 Å². The molecule has 0 amide bonds. The fourth-order valence-corrected chi connectivity index (χ4v) is 4.45. The molecule has 0 aromatic heterocycles. The van der Waals surface area contributed by atoms with Crippen LogP contribution in [-0.2, 0) is 6.54 Å². The van der Waals surface area contributed by atoms with E-state index in [0.717, 1.165) is 36.3 Å². The van der Waals surface area contributed by atoms with Gasteiger partial charge in [0, 0.05) is 37.7 Å². The molecule has 0 bridgehead atoms. The van der Waals surface area contributed by atoms with Crippen molar-refractivity contribution in [1.29, 1.82) is 0 Å². The number of hydrazone groups is 1. The van der Waals surface area contributed by atoms with Crippen LogP contribution in [-0.4, -0.2) is 29.8 Å². The van der Waals surface area contributed by atoms with Crippen molar-refractivity contribution >= 4 is 21.6 Å². The van der Waals surface area contributed by atoms with Crippen molar-refractivity contribution in [2.45, 2.75) is 39.0 Å². The molecule has 4 nitrogen and oxygen atoms in total. The summed E-state index contributed by atoms with van der Waals surface area (Å²) in [5.41, 5.74) is 7.32. The Morgan fingerprint density at radius 1 is 1.22 bits per heavy atom. The van der Waals surface area contributed by atoms with Crippen LogP contribution in [0.5, 0.6) is 5.75 Å². The standard InChI is InChI=1S/C22H26BrN3O/c1-15(2)27-21-9-8-17(12-19(21)23)22-18-14-26(11-10-20(18)24-25-22)13-16-6-4-3-5-7-16/h3-9,12,15,18,22,25H,10-11,13-14H2,1-2H3. The van der Waals surface area contributed by atoms with E-state index in [0.29, 0.717) is 5.92 Å². The lowest BCUT2D eigenvalue weighted by Crippen LogP contribution is -2.41. The molecule has 2 heterocycles. The third kappa shape index (κ3) is 4.19. The molecule has 5 heteroatoms. The van der Waals surface area contributed by atoms with Gasteiger partial charge in [0.05, 0.1) is 16.6 Å². The number of nitrogens with zero attached hydrogens (tertiary/aromatic N) is 2. The third-order valence-electron chi connectivity index (χ3n) is 5.24. The molecule has 2 aromatic rings. The summed E-state index contributed by atoms with van der Waals surface area (Å²) in [6, 6.07) is 17.3. The highest BCUT2D eigenvalue weighted by molar-refractivity contribution is 9.10. The minimum Gasteiger partial charge on any atom is -0.490 e. The molecule has 2 aromatic carbocycles. The predicted molar refractivity (Wildman–Crippen MR) is 113 cm³/mol. The lowest BCUT2D eigenvalue weighted by molar-refractivity contribution is 0.220. The van der Waals surface area contributed by atoms with Crippen LogP contribution in [0.4, 0.5) is 0 Å². The van der Waals surface area contributed by atoms with E-state index in [1.165, 1.54) is 16.8 Å². The van der Waals surface area contributed by atoms with Crippen LogP contribution in [0.25, 0.3) is 0 Å². The first-order valence-corrected chi connectivity index (χ1v) is 10.4. The first-order chi connectivity index (χ1) is 13.1. The van der Waals surface area contributed by atoms with Crippen LogP contribution >= 0.6 is 15.9 Å². The second kappa shape index (κ2) is 8.03. The maximum Gasteiger partial charge on any atom is 0.133 e. The molecule has 0 radical (unpaired) electrons. The van der Waals surface area contributed by atoms with Gasteiger partial charge in [-0.2, -0.15) is 5.10 Å². The molecule has 2 unspecified atom stereocenters. The summed E-state index contributed by atoms with van der Waals surface area (Å²) in [6.07, 6.45) is 1.20. The third-order valence-corrected chi connectivity index (χ3v) is 5.86. The molecule has 142 valence electrons. The fourth-order valence-electron chi connectivity index (χ4n) is 3.96. The van der Waals surface area contributed by atoms with E-state index in [4.69, 9.17) is 4.74 Å². The van der Waals surface area contributed by atoms with Gasteiger partial charge in [-0.05, 0) is 53.0 Å². The van der Waals surface area contributed by atoms with Crippen LogP contribution in [0.1, 0.15) is 37.4 Å². The SMILES string of the molecule is CC(C)Oc1ccc(C2NN=C3CCN(Cc4ccccc4)CC32)cc1Br. The first kappa shape index (κ1) is 18.5. The van der Waals surface area contributed by atoms with Gasteiger partial charge in [0.2, 0.25) is 0 Å². The number of hydrogen-bond donors (Lipinski definition) is 1. The summed E-state index contributed by atoms with van der Waals surface area (Å²) in [4.78, 5) is 2.55. The van der Waals surface area contributed by atoms with Crippen molar-refractivity contribution in [3.8, 4) is 5.75 Å². The van der Waals surface area contributed by atoms with Crippen molar-refractivity contribution in [3.05, 3.63) is 64.1 Å². The van der Waals surface area contributed by atoms with E-state index in [1.807, 2.05) is 13.8 Å². The molecular weight excluding hydrogens is 402 g/mol. The molecule has 1 N–H and O–H groups in total. The number of halogens is 1. The molecule has 0 spiro atoms. The summed E-state index contributed by atoms with van der Waals surface area (Å²) < 4.78 is 6.85. The van der Waals surface area contributed by atoms with Gasteiger partial charge in [-0.1, -0.05) is 36.4 Å². The van der Waals surface area contributed by atoms with Crippen LogP contribution in [0.3, 0.4) is 0 Å². The minimum atomic E-state index is 0.164. The van der Waals surface area contributed by atoms with E-state index in [-0.39, 0.29) is 12.1 Å². The molecule has 0 saturated carbocycles. The Morgan fingerprint density at radius 2 is 2.04 bits per heavy atom. The zero-order valence-electron chi connectivity index (χ0n) is 15.9. The highest BCUT2D eigenvalue weighted by Crippen LogP contribution is 2.36. The van der Waals surface area contributed by atoms with E-state index in [2.05, 4.69) is 79.9 Å². The van der Waals surface area contributed by atoms with E-state index in [1.54, 1.807) is 0 Å². The molecule has 1 fully saturated rings. The van der Waals surface area contributed by atoms with Crippen LogP contribution < -0.4 is 10.2 Å². The number of benzene rings is 2. The number of ether oxygens (including phenoxy) is 1. The Morgan fingerprint density at radius 3 is 2.78 bits per heavy atom. The highest BCUT2D eigenvalue weighted by Gasteiger charge is 2.37. The largest absolute Gasteiger partial charge is 0.490 e. The normalized spacial score (nSPS) is 22.3. The van der Waals surface area contributed by atoms with E-state index < -0.39 is 0 Å². The number of likely N-dealkylation sites (tertiary alicyclic amines) is 1. The summed E-state index contributed by atoms with van der Waals surface area (Å²) in [5, 5.41) is 4.65. The zero-order chi connectivity index (χ0) is 18.8. The van der Waals surface area contributed by atoms with E-state index in [9.17, 15) is 0 Å². The molecule has 2 atom stereocenters. The second-order valence-corrected chi connectivity index (χ2v) is 8.50. The number of rotatable bonds is 5. The van der Waals surface area contributed by atoms with Gasteiger partial charge in [-0.15, -0.1) is 0 Å². The van der Waals surface area contributed by atoms with Crippen LogP contribution in [0, 0.1) is 5.92 Å². The van der Waals surface area contributed by atoms with Crippen LogP contribution in [0.15, 0.2) is 58.1 Å². The van der Waals surface area contributed by atoms with Gasteiger partial charge < -0.3 is 10.2 Å². The summed E-state index contributed by atoms with van der Waals surface area (Å²) in [7, 11) is 0. The Hall–Kier alpha value is -1.85. The van der Waals surface area contributed by atoms with Crippen molar-refractivity contribution in [2.75, 3.05) is 13.1 Å². The fraction of sp³-hybridized carbons (Fsp3) is 0.409. The maximum atomic E-state index is 5.85. The summed E-state index contributed by atoms with van der Waals surface area (Å²) in [5.74, 6) is 1.31. The Kier molecular flexibility index (Phi) is 5.50. The first-order valence-electron chi connectivity index (χ1n) is 9.64. The van der Waals surface area contributed by atoms with Gasteiger partial charge in [-0.25, -0.2) is 0 Å². The van der Waals surface area contributed by atoms with Gasteiger partial charge in [-0.3, -0.25) is 4.90 Å². The molecule has 1 saturated heterocycles. The zero-order valence-corrected chi connectivity index (χ0v) is 17.4. The molecule has 2 aliphatic heterocycles. The number of hydrogen-bond acceptors (Lipinski definition) is 4. The van der Waals surface area contributed by atoms with Gasteiger partial charge in [0.25, 0.3) is 0 Å². The quantitative estimate of drug-likeness (QED) is 0.746. The topological polar surface area (TPSA) is 36.9 Å². The monoisotopic (exact) mass is 427 g/mol. The highest BCUT2D eigenvalue weighted by atomic mass is 79.9. The lowest BCUT2D eigenvalue weighted by atomic mass is 9.86. The molecule has 2 aliphatic rings. The second-order valence-electron chi connectivity index (χ2n) is 7.64. The number of nitrogens with one attached hydrogen (secondary N) is 1. The van der Waals surface area contributed by atoms with Crippen molar-refractivity contribution in [1.82, 2.24) is 10.3 Å². The summed E-state index contributed by atoms with van der Waals surface area (Å²) >= 11 is 3.67. The Bertz CT molecular complexity index is 822. The summed E-state index contributed by atoms with van der Waals surface area (Å²) in [6.45, 7) is 7.20. The lowest BCUT2D eigenvalue weighted by Gasteiger charge is -2.33. The molecule has 27 heavy (non-hydrogen) atoms. The average Bonchev–Trinajstić information content (AvgIpc) is 3.07. The van der Waals surface area contributed by atoms with Gasteiger partial charge >= 0.3 is 0 Å². The number of piperidine rings is 1. The average molecular weight is 428 g/mol. The van der Waals surface area contributed by atoms with Gasteiger partial charge in [0.1, 0.15) is 5.75 Å². The van der Waals surface area contributed by atoms with Crippen molar-refractivity contribution < 1.29 is 4.74 Å². The van der Waals surface area contributed by atoms with Crippen molar-refractivity contribution in [2.24, 2.45) is 11.0 Å². The minimum absolute atomic E-state index is 0.164. The maximum absolute atomic E-state index is 5.85. The molecule has 0 aliphatic carbocycles. The number of fused-ring (bicyclic) bond motifs is 1. The Balaban J connectivity index is 1.48. The molecule has 4 rings (SSSR count). The van der Waals surface area contributed by atoms with Crippen molar-refractivity contribution in [3.63, 3.8) is 0 Å². The predicted octanol–water partition coefficient (Wildman–Crippen LogP) is 4.76. The van der Waals surface area contributed by atoms with Crippen LogP contribution in [0.2, 0.25) is 0 Å². The smallest absolute Gasteiger partial charge is 0.133 e.